The van der Waals surface area contributed by atoms with Gasteiger partial charge in [0.1, 0.15) is 14.1 Å². The van der Waals surface area contributed by atoms with Crippen LogP contribution in [0.2, 0.25) is 0 Å². The van der Waals surface area contributed by atoms with Crippen molar-refractivity contribution in [1.82, 2.24) is 0 Å². The molecule has 0 spiro atoms. The molecule has 0 saturated carbocycles. The van der Waals surface area contributed by atoms with Crippen LogP contribution in [-0.2, 0) is 9.53 Å². The number of carbonyl (C=O) groups is 1. The van der Waals surface area contributed by atoms with Crippen LogP contribution in [0.4, 0.5) is 0 Å². The summed E-state index contributed by atoms with van der Waals surface area (Å²) in [6, 6.07) is 0. The number of esters is 1. The maximum absolute atomic E-state index is 11.1. The van der Waals surface area contributed by atoms with Crippen LogP contribution in [0.3, 0.4) is 0 Å². The largest absolute Gasteiger partial charge is 0.406 e. The molecule has 13 heavy (non-hydrogen) atoms. The summed E-state index contributed by atoms with van der Waals surface area (Å²) in [4.78, 5) is 11.1. The molecule has 4 heteroatoms. The van der Waals surface area contributed by atoms with Crippen molar-refractivity contribution in [3.05, 3.63) is 12.2 Å². The first-order valence-electron chi connectivity index (χ1n) is 4.22. The summed E-state index contributed by atoms with van der Waals surface area (Å²) in [7, 11) is 3.11. The Hall–Kier alpha value is -0.870. The smallest absolute Gasteiger partial charge is 0.337 e. The van der Waals surface area contributed by atoms with Gasteiger partial charge in [-0.15, -0.1) is 0 Å². The topological polar surface area (TPSA) is 46.5 Å². The van der Waals surface area contributed by atoms with Crippen LogP contribution in [0.1, 0.15) is 20.3 Å². The molecule has 0 aromatic rings. The molecule has 0 radical (unpaired) electrons. The van der Waals surface area contributed by atoms with Gasteiger partial charge in [0.05, 0.1) is 0 Å². The molecule has 1 unspecified atom stereocenters. The van der Waals surface area contributed by atoms with Crippen molar-refractivity contribution >= 4 is 5.97 Å². The highest BCUT2D eigenvalue weighted by atomic mass is 16.6. The van der Waals surface area contributed by atoms with E-state index in [2.05, 4.69) is 6.58 Å². The van der Waals surface area contributed by atoms with Gasteiger partial charge in [0.15, 0.2) is 0 Å². The molecule has 0 heterocycles. The number of nitrogens with zero attached hydrogens (tertiary/aromatic N) is 1. The van der Waals surface area contributed by atoms with E-state index in [1.165, 1.54) is 0 Å². The molecule has 0 bridgehead atoms. The molecule has 0 aliphatic rings. The van der Waals surface area contributed by atoms with Crippen molar-refractivity contribution in [2.75, 3.05) is 14.1 Å². The van der Waals surface area contributed by atoms with Gasteiger partial charge in [0.2, 0.25) is 0 Å². The van der Waals surface area contributed by atoms with E-state index in [-0.39, 0.29) is 4.65 Å². The maximum atomic E-state index is 11.1. The minimum Gasteiger partial charge on any atom is -0.406 e. The normalized spacial score (nSPS) is 13.6. The molecule has 0 aromatic carbocycles. The van der Waals surface area contributed by atoms with Gasteiger partial charge >= 0.3 is 5.97 Å². The zero-order valence-corrected chi connectivity index (χ0v) is 8.70. The number of quaternary nitrogens is 1. The molecule has 0 fully saturated rings. The highest BCUT2D eigenvalue weighted by Crippen LogP contribution is 2.10. The van der Waals surface area contributed by atoms with Crippen molar-refractivity contribution in [2.24, 2.45) is 0 Å². The molecule has 76 valence electrons. The fraction of sp³-hybridized carbons (Fsp3) is 0.667. The molecule has 0 saturated heterocycles. The first kappa shape index (κ1) is 12.1. The van der Waals surface area contributed by atoms with Crippen molar-refractivity contribution in [1.29, 1.82) is 0 Å². The molecule has 0 aliphatic heterocycles. The lowest BCUT2D eigenvalue weighted by molar-refractivity contribution is -1.10. The first-order valence-corrected chi connectivity index (χ1v) is 4.22. The highest BCUT2D eigenvalue weighted by molar-refractivity contribution is 5.86. The molecule has 1 atom stereocenters. The Bertz CT molecular complexity index is 205. The van der Waals surface area contributed by atoms with Gasteiger partial charge in [0.25, 0.3) is 6.23 Å². The average molecular weight is 188 g/mol. The van der Waals surface area contributed by atoms with E-state index >= 15 is 0 Å². The molecular formula is C9H18NO3+. The van der Waals surface area contributed by atoms with Crippen LogP contribution in [-0.4, -0.2) is 36.1 Å². The summed E-state index contributed by atoms with van der Waals surface area (Å²) < 4.78 is 4.63. The van der Waals surface area contributed by atoms with Gasteiger partial charge in [0, 0.05) is 12.0 Å². The van der Waals surface area contributed by atoms with E-state index in [0.717, 1.165) is 0 Å². The Morgan fingerprint density at radius 2 is 2.08 bits per heavy atom. The maximum Gasteiger partial charge on any atom is 0.337 e. The molecule has 0 aromatic heterocycles. The van der Waals surface area contributed by atoms with Gasteiger partial charge in [-0.3, -0.25) is 0 Å². The Morgan fingerprint density at radius 3 is 2.31 bits per heavy atom. The van der Waals surface area contributed by atoms with Crippen molar-refractivity contribution in [2.45, 2.75) is 26.5 Å². The fourth-order valence-electron chi connectivity index (χ4n) is 0.883. The number of carbonyl (C=O) groups excluding carboxylic acids is 1. The van der Waals surface area contributed by atoms with Crippen LogP contribution >= 0.6 is 0 Å². The average Bonchev–Trinajstić information content (AvgIpc) is 1.96. The molecule has 0 aliphatic carbocycles. The Labute approximate surface area is 79.0 Å². The predicted molar refractivity (Wildman–Crippen MR) is 48.9 cm³/mol. The van der Waals surface area contributed by atoms with Crippen molar-refractivity contribution < 1.29 is 19.4 Å². The van der Waals surface area contributed by atoms with Gasteiger partial charge in [-0.1, -0.05) is 13.5 Å². The third kappa shape index (κ3) is 4.05. The fourth-order valence-corrected chi connectivity index (χ4v) is 0.883. The monoisotopic (exact) mass is 188 g/mol. The number of hydrogen-bond donors (Lipinski definition) is 1. The van der Waals surface area contributed by atoms with Crippen LogP contribution in [0.25, 0.3) is 0 Å². The minimum atomic E-state index is -0.538. The van der Waals surface area contributed by atoms with Crippen LogP contribution in [0.15, 0.2) is 12.2 Å². The van der Waals surface area contributed by atoms with Crippen molar-refractivity contribution in [3.63, 3.8) is 0 Å². The summed E-state index contributed by atoms with van der Waals surface area (Å²) in [5, 5.41) is 9.54. The number of rotatable bonds is 4. The Balaban J connectivity index is 4.31. The van der Waals surface area contributed by atoms with E-state index in [0.29, 0.717) is 12.0 Å². The quantitative estimate of drug-likeness (QED) is 0.238. The Kier molecular flexibility index (Phi) is 4.10. The molecule has 1 N–H and O–H groups in total. The third-order valence-electron chi connectivity index (χ3n) is 1.65. The SMILES string of the molecule is C=C(C)C(=O)OC(CC)[N+](C)(C)O. The summed E-state index contributed by atoms with van der Waals surface area (Å²) >= 11 is 0. The van der Waals surface area contributed by atoms with E-state index in [1.54, 1.807) is 21.0 Å². The van der Waals surface area contributed by atoms with Crippen LogP contribution in [0, 0.1) is 0 Å². The number of ether oxygens (including phenoxy) is 1. The van der Waals surface area contributed by atoms with Gasteiger partial charge in [-0.05, 0) is 6.92 Å². The summed E-state index contributed by atoms with van der Waals surface area (Å²) in [6.07, 6.45) is 0.0203. The summed E-state index contributed by atoms with van der Waals surface area (Å²) in [6.45, 7) is 6.88. The van der Waals surface area contributed by atoms with E-state index in [1.807, 2.05) is 6.92 Å². The lowest BCUT2D eigenvalue weighted by Crippen LogP contribution is -2.48. The lowest BCUT2D eigenvalue weighted by Gasteiger charge is -2.28. The van der Waals surface area contributed by atoms with E-state index < -0.39 is 12.2 Å². The molecular weight excluding hydrogens is 170 g/mol. The van der Waals surface area contributed by atoms with Crippen LogP contribution in [0.5, 0.6) is 0 Å². The summed E-state index contributed by atoms with van der Waals surface area (Å²) in [5.74, 6) is -0.466. The molecule has 4 nitrogen and oxygen atoms in total. The zero-order chi connectivity index (χ0) is 10.6. The van der Waals surface area contributed by atoms with Crippen LogP contribution < -0.4 is 0 Å². The first-order chi connectivity index (χ1) is 5.79. The second-order valence-electron chi connectivity index (χ2n) is 3.53. The number of hydrogen-bond acceptors (Lipinski definition) is 3. The predicted octanol–water partition coefficient (Wildman–Crippen LogP) is 1.31. The van der Waals surface area contributed by atoms with Gasteiger partial charge < -0.3 is 4.74 Å². The zero-order valence-electron chi connectivity index (χ0n) is 8.70. The lowest BCUT2D eigenvalue weighted by atomic mass is 10.3. The van der Waals surface area contributed by atoms with Gasteiger partial charge in [-0.2, -0.15) is 4.65 Å². The molecule has 0 rings (SSSR count). The number of hydroxylamine groups is 3. The van der Waals surface area contributed by atoms with Gasteiger partial charge in [-0.25, -0.2) is 10.0 Å². The standard InChI is InChI=1S/C9H18NO3/c1-6-8(10(4,5)12)13-9(11)7(2)3/h8,12H,2,6H2,1,3-5H3/q+1. The van der Waals surface area contributed by atoms with E-state index in [9.17, 15) is 10.0 Å². The highest BCUT2D eigenvalue weighted by Gasteiger charge is 2.28. The minimum absolute atomic E-state index is 0.340. The summed E-state index contributed by atoms with van der Waals surface area (Å²) in [5.41, 5.74) is 0.340. The second-order valence-corrected chi connectivity index (χ2v) is 3.53. The second kappa shape index (κ2) is 4.39. The Morgan fingerprint density at radius 1 is 1.62 bits per heavy atom. The van der Waals surface area contributed by atoms with Crippen molar-refractivity contribution in [3.8, 4) is 0 Å². The van der Waals surface area contributed by atoms with E-state index in [4.69, 9.17) is 4.74 Å². The third-order valence-corrected chi connectivity index (χ3v) is 1.65. The molecule has 0 amide bonds.